The molecular weight excluding hydrogens is 156 g/mol. The molecule has 3 nitrogen and oxygen atoms in total. The molecule has 2 fully saturated rings. The predicted molar refractivity (Wildman–Crippen MR) is 41.6 cm³/mol. The third kappa shape index (κ3) is 0.800. The average molecular weight is 168 g/mol. The van der Waals surface area contributed by atoms with Crippen molar-refractivity contribution in [3.05, 3.63) is 0 Å². The van der Waals surface area contributed by atoms with Crippen LogP contribution < -0.4 is 0 Å². The van der Waals surface area contributed by atoms with Crippen LogP contribution in [-0.4, -0.2) is 24.3 Å². The van der Waals surface area contributed by atoms with E-state index < -0.39 is 5.60 Å². The van der Waals surface area contributed by atoms with E-state index in [1.165, 1.54) is 0 Å². The summed E-state index contributed by atoms with van der Waals surface area (Å²) in [6.07, 6.45) is 0.917. The van der Waals surface area contributed by atoms with E-state index in [-0.39, 0.29) is 29.8 Å². The van der Waals surface area contributed by atoms with Crippen LogP contribution in [0, 0.1) is 11.8 Å². The minimum Gasteiger partial charge on any atom is -0.370 e. The second-order valence-electron chi connectivity index (χ2n) is 3.83. The van der Waals surface area contributed by atoms with Gasteiger partial charge in [0.05, 0.1) is 6.42 Å². The number of ether oxygens (including phenoxy) is 1. The van der Waals surface area contributed by atoms with E-state index in [0.29, 0.717) is 0 Å². The molecule has 2 saturated carbocycles. The van der Waals surface area contributed by atoms with E-state index in [4.69, 9.17) is 4.74 Å². The SMILES string of the molecule is COC1(C)C(=O)CC(=O)C2CC21. The number of fused-ring (bicyclic) bond motifs is 1. The van der Waals surface area contributed by atoms with Gasteiger partial charge in [-0.05, 0) is 13.3 Å². The van der Waals surface area contributed by atoms with Gasteiger partial charge in [-0.2, -0.15) is 0 Å². The van der Waals surface area contributed by atoms with Crippen LogP contribution in [0.2, 0.25) is 0 Å². The third-order valence-electron chi connectivity index (χ3n) is 3.22. The first kappa shape index (κ1) is 7.92. The van der Waals surface area contributed by atoms with Crippen LogP contribution in [0.3, 0.4) is 0 Å². The standard InChI is InChI=1S/C9H12O3/c1-9(12-2)6-3-5(6)7(10)4-8(9)11/h5-6H,3-4H2,1-2H3. The molecule has 2 aliphatic rings. The molecule has 3 unspecified atom stereocenters. The van der Waals surface area contributed by atoms with Gasteiger partial charge in [0.15, 0.2) is 5.78 Å². The molecule has 3 atom stereocenters. The van der Waals surface area contributed by atoms with Gasteiger partial charge in [0, 0.05) is 18.9 Å². The molecule has 0 radical (unpaired) electrons. The van der Waals surface area contributed by atoms with E-state index in [0.717, 1.165) is 6.42 Å². The maximum absolute atomic E-state index is 11.4. The highest BCUT2D eigenvalue weighted by Crippen LogP contribution is 2.52. The fourth-order valence-electron chi connectivity index (χ4n) is 2.10. The van der Waals surface area contributed by atoms with Crippen molar-refractivity contribution in [1.29, 1.82) is 0 Å². The molecular formula is C9H12O3. The normalized spacial score (nSPS) is 45.8. The maximum Gasteiger partial charge on any atom is 0.171 e. The second kappa shape index (κ2) is 2.16. The molecule has 0 aromatic heterocycles. The molecule has 0 saturated heterocycles. The number of carbonyl (C=O) groups excluding carboxylic acids is 2. The molecule has 0 spiro atoms. The van der Waals surface area contributed by atoms with E-state index >= 15 is 0 Å². The lowest BCUT2D eigenvalue weighted by atomic mass is 9.84. The fourth-order valence-corrected chi connectivity index (χ4v) is 2.10. The molecule has 0 N–H and O–H groups in total. The number of methoxy groups -OCH3 is 1. The lowest BCUT2D eigenvalue weighted by Gasteiger charge is -2.29. The Labute approximate surface area is 71.1 Å². The molecule has 3 heteroatoms. The molecule has 66 valence electrons. The zero-order valence-electron chi connectivity index (χ0n) is 7.29. The van der Waals surface area contributed by atoms with Crippen LogP contribution in [0.25, 0.3) is 0 Å². The quantitative estimate of drug-likeness (QED) is 0.537. The van der Waals surface area contributed by atoms with Crippen molar-refractivity contribution < 1.29 is 14.3 Å². The second-order valence-corrected chi connectivity index (χ2v) is 3.83. The Morgan fingerprint density at radius 1 is 1.50 bits per heavy atom. The first-order valence-corrected chi connectivity index (χ1v) is 4.20. The Morgan fingerprint density at radius 3 is 2.75 bits per heavy atom. The Bertz CT molecular complexity index is 258. The molecule has 12 heavy (non-hydrogen) atoms. The Balaban J connectivity index is 2.27. The summed E-state index contributed by atoms with van der Waals surface area (Å²) in [4.78, 5) is 22.6. The molecule has 0 bridgehead atoms. The summed E-state index contributed by atoms with van der Waals surface area (Å²) in [5.74, 6) is 0.345. The van der Waals surface area contributed by atoms with Crippen LogP contribution >= 0.6 is 0 Å². The van der Waals surface area contributed by atoms with Gasteiger partial charge < -0.3 is 4.74 Å². The summed E-state index contributed by atoms with van der Waals surface area (Å²) in [7, 11) is 1.54. The summed E-state index contributed by atoms with van der Waals surface area (Å²) < 4.78 is 5.19. The Hall–Kier alpha value is -0.700. The number of rotatable bonds is 1. The molecule has 0 aromatic rings. The molecule has 0 amide bonds. The highest BCUT2D eigenvalue weighted by molar-refractivity contribution is 6.08. The van der Waals surface area contributed by atoms with Crippen molar-refractivity contribution >= 4 is 11.6 Å². The van der Waals surface area contributed by atoms with Crippen LogP contribution in [0.5, 0.6) is 0 Å². The average Bonchev–Trinajstić information content (AvgIpc) is 2.80. The van der Waals surface area contributed by atoms with E-state index in [1.807, 2.05) is 0 Å². The van der Waals surface area contributed by atoms with Gasteiger partial charge in [0.1, 0.15) is 11.4 Å². The Morgan fingerprint density at radius 2 is 2.17 bits per heavy atom. The summed E-state index contributed by atoms with van der Waals surface area (Å²) in [6, 6.07) is 0. The number of carbonyl (C=O) groups is 2. The van der Waals surface area contributed by atoms with Crippen LogP contribution in [0.15, 0.2) is 0 Å². The molecule has 2 rings (SSSR count). The lowest BCUT2D eigenvalue weighted by molar-refractivity contribution is -0.149. The smallest absolute Gasteiger partial charge is 0.171 e. The van der Waals surface area contributed by atoms with Gasteiger partial charge in [-0.25, -0.2) is 0 Å². The summed E-state index contributed by atoms with van der Waals surface area (Å²) in [6.45, 7) is 1.80. The highest BCUT2D eigenvalue weighted by Gasteiger charge is 2.61. The third-order valence-corrected chi connectivity index (χ3v) is 3.22. The van der Waals surface area contributed by atoms with Crippen LogP contribution in [0.1, 0.15) is 19.8 Å². The van der Waals surface area contributed by atoms with Gasteiger partial charge in [-0.1, -0.05) is 0 Å². The molecule has 0 aliphatic heterocycles. The highest BCUT2D eigenvalue weighted by atomic mass is 16.5. The monoisotopic (exact) mass is 168 g/mol. The summed E-state index contributed by atoms with van der Waals surface area (Å²) in [5, 5.41) is 0. The van der Waals surface area contributed by atoms with E-state index in [9.17, 15) is 9.59 Å². The Kier molecular flexibility index (Phi) is 1.43. The van der Waals surface area contributed by atoms with Crippen LogP contribution in [0.4, 0.5) is 0 Å². The van der Waals surface area contributed by atoms with Crippen molar-refractivity contribution in [3.8, 4) is 0 Å². The van der Waals surface area contributed by atoms with E-state index in [2.05, 4.69) is 0 Å². The van der Waals surface area contributed by atoms with Crippen LogP contribution in [-0.2, 0) is 14.3 Å². The number of ketones is 2. The van der Waals surface area contributed by atoms with Gasteiger partial charge in [-0.3, -0.25) is 9.59 Å². The first-order valence-electron chi connectivity index (χ1n) is 4.20. The molecule has 2 aliphatic carbocycles. The van der Waals surface area contributed by atoms with Gasteiger partial charge in [-0.15, -0.1) is 0 Å². The number of Topliss-reactive ketones (excluding diaryl/α,β-unsaturated/α-hetero) is 2. The van der Waals surface area contributed by atoms with Gasteiger partial charge in [0.25, 0.3) is 0 Å². The lowest BCUT2D eigenvalue weighted by Crippen LogP contribution is -2.45. The predicted octanol–water partition coefficient (Wildman–Crippen LogP) is 0.570. The van der Waals surface area contributed by atoms with Crippen molar-refractivity contribution in [2.75, 3.05) is 7.11 Å². The zero-order chi connectivity index (χ0) is 8.93. The minimum absolute atomic E-state index is 0.0475. The first-order chi connectivity index (χ1) is 5.59. The van der Waals surface area contributed by atoms with Gasteiger partial charge >= 0.3 is 0 Å². The minimum atomic E-state index is -0.668. The maximum atomic E-state index is 11.4. The number of hydrogen-bond donors (Lipinski definition) is 0. The van der Waals surface area contributed by atoms with Crippen molar-refractivity contribution in [2.45, 2.75) is 25.4 Å². The summed E-state index contributed by atoms with van der Waals surface area (Å²) >= 11 is 0. The van der Waals surface area contributed by atoms with E-state index in [1.54, 1.807) is 14.0 Å². The summed E-state index contributed by atoms with van der Waals surface area (Å²) in [5.41, 5.74) is -0.668. The molecule has 0 heterocycles. The molecule has 0 aromatic carbocycles. The van der Waals surface area contributed by atoms with Crippen molar-refractivity contribution in [3.63, 3.8) is 0 Å². The topological polar surface area (TPSA) is 43.4 Å². The largest absolute Gasteiger partial charge is 0.370 e. The van der Waals surface area contributed by atoms with Gasteiger partial charge in [0.2, 0.25) is 0 Å². The fraction of sp³-hybridized carbons (Fsp3) is 0.778. The van der Waals surface area contributed by atoms with Crippen molar-refractivity contribution in [1.82, 2.24) is 0 Å². The number of hydrogen-bond acceptors (Lipinski definition) is 3. The zero-order valence-corrected chi connectivity index (χ0v) is 7.29. The van der Waals surface area contributed by atoms with Crippen molar-refractivity contribution in [2.24, 2.45) is 11.8 Å².